The van der Waals surface area contributed by atoms with Crippen molar-refractivity contribution in [2.24, 2.45) is 0 Å². The first kappa shape index (κ1) is 17.4. The summed E-state index contributed by atoms with van der Waals surface area (Å²) in [5, 5.41) is 11.0. The van der Waals surface area contributed by atoms with Crippen LogP contribution in [0.3, 0.4) is 0 Å². The highest BCUT2D eigenvalue weighted by Crippen LogP contribution is 2.36. The average molecular weight is 383 g/mol. The number of amides is 1. The van der Waals surface area contributed by atoms with Gasteiger partial charge < -0.3 is 19.2 Å². The van der Waals surface area contributed by atoms with Crippen molar-refractivity contribution >= 4 is 17.7 Å². The van der Waals surface area contributed by atoms with Crippen molar-refractivity contribution in [3.05, 3.63) is 54.1 Å². The smallest absolute Gasteiger partial charge is 0.277 e. The van der Waals surface area contributed by atoms with Gasteiger partial charge in [0.15, 0.2) is 11.5 Å². The van der Waals surface area contributed by atoms with Gasteiger partial charge in [-0.15, -0.1) is 10.2 Å². The fraction of sp³-hybridized carbons (Fsp3) is 0.211. The van der Waals surface area contributed by atoms with Gasteiger partial charge in [0.1, 0.15) is 0 Å². The summed E-state index contributed by atoms with van der Waals surface area (Å²) < 4.78 is 16.3. The van der Waals surface area contributed by atoms with E-state index in [1.165, 1.54) is 11.8 Å². The molecule has 2 heterocycles. The second kappa shape index (κ2) is 7.71. The molecule has 2 aromatic carbocycles. The summed E-state index contributed by atoms with van der Waals surface area (Å²) in [6, 6.07) is 15.2. The number of benzene rings is 2. The Labute approximate surface area is 160 Å². The summed E-state index contributed by atoms with van der Waals surface area (Å²) in [6.45, 7) is 2.49. The molecule has 1 atom stereocenters. The lowest BCUT2D eigenvalue weighted by atomic mass is 10.2. The van der Waals surface area contributed by atoms with Crippen LogP contribution < -0.4 is 14.8 Å². The molecular weight excluding hydrogens is 366 g/mol. The molecular formula is C19H17N3O4S. The van der Waals surface area contributed by atoms with Crippen molar-refractivity contribution in [3.63, 3.8) is 0 Å². The van der Waals surface area contributed by atoms with E-state index in [1.807, 2.05) is 36.4 Å². The molecule has 0 radical (unpaired) electrons. The fourth-order valence-corrected chi connectivity index (χ4v) is 3.24. The van der Waals surface area contributed by atoms with E-state index in [9.17, 15) is 4.79 Å². The summed E-state index contributed by atoms with van der Waals surface area (Å²) in [7, 11) is 0. The Kier molecular flexibility index (Phi) is 4.97. The van der Waals surface area contributed by atoms with Crippen LogP contribution in [-0.2, 0) is 11.3 Å². The van der Waals surface area contributed by atoms with Gasteiger partial charge in [0.2, 0.25) is 18.6 Å². The average Bonchev–Trinajstić information content (AvgIpc) is 3.35. The van der Waals surface area contributed by atoms with Gasteiger partial charge >= 0.3 is 0 Å². The number of fused-ring (bicyclic) bond motifs is 1. The van der Waals surface area contributed by atoms with Crippen molar-refractivity contribution < 1.29 is 18.7 Å². The molecule has 1 aliphatic rings. The lowest BCUT2D eigenvalue weighted by Crippen LogP contribution is -2.30. The minimum Gasteiger partial charge on any atom is -0.454 e. The SMILES string of the molecule is C[C@H](Sc1nnc(-c2ccc3c(c2)OCO3)o1)C(=O)NCc1ccccc1. The maximum Gasteiger partial charge on any atom is 0.277 e. The Hall–Kier alpha value is -3.00. The third kappa shape index (κ3) is 4.06. The van der Waals surface area contributed by atoms with E-state index in [0.29, 0.717) is 29.2 Å². The molecule has 0 bridgehead atoms. The first-order chi connectivity index (χ1) is 13.2. The van der Waals surface area contributed by atoms with Crippen LogP contribution >= 0.6 is 11.8 Å². The molecule has 7 nitrogen and oxygen atoms in total. The van der Waals surface area contributed by atoms with Crippen molar-refractivity contribution in [1.82, 2.24) is 15.5 Å². The predicted molar refractivity (Wildman–Crippen MR) is 99.5 cm³/mol. The number of rotatable bonds is 6. The van der Waals surface area contributed by atoms with Crippen LogP contribution in [0.4, 0.5) is 0 Å². The van der Waals surface area contributed by atoms with E-state index in [-0.39, 0.29) is 18.0 Å². The molecule has 1 N–H and O–H groups in total. The standard InChI is InChI=1S/C19H17N3O4S/c1-12(17(23)20-10-13-5-3-2-4-6-13)27-19-22-21-18(26-19)14-7-8-15-16(9-14)25-11-24-15/h2-9,12H,10-11H2,1H3,(H,20,23)/t12-/m0/s1. The molecule has 1 aromatic heterocycles. The number of hydrogen-bond donors (Lipinski definition) is 1. The number of carbonyl (C=O) groups excluding carboxylic acids is 1. The lowest BCUT2D eigenvalue weighted by molar-refractivity contribution is -0.120. The molecule has 8 heteroatoms. The number of aromatic nitrogens is 2. The summed E-state index contributed by atoms with van der Waals surface area (Å²) in [6.07, 6.45) is 0. The van der Waals surface area contributed by atoms with Crippen LogP contribution in [0.5, 0.6) is 11.5 Å². The number of nitrogens with zero attached hydrogens (tertiary/aromatic N) is 2. The first-order valence-corrected chi connectivity index (χ1v) is 9.29. The van der Waals surface area contributed by atoms with Gasteiger partial charge in [-0.3, -0.25) is 4.79 Å². The zero-order chi connectivity index (χ0) is 18.6. The molecule has 3 aromatic rings. The summed E-state index contributed by atoms with van der Waals surface area (Å²) in [5.41, 5.74) is 1.78. The number of thioether (sulfide) groups is 1. The van der Waals surface area contributed by atoms with E-state index in [4.69, 9.17) is 13.9 Å². The Balaban J connectivity index is 1.36. The molecule has 27 heavy (non-hydrogen) atoms. The number of ether oxygens (including phenoxy) is 2. The summed E-state index contributed by atoms with van der Waals surface area (Å²) in [4.78, 5) is 12.3. The van der Waals surface area contributed by atoms with Crippen molar-refractivity contribution in [2.75, 3.05) is 6.79 Å². The van der Waals surface area contributed by atoms with E-state index < -0.39 is 0 Å². The van der Waals surface area contributed by atoms with Crippen molar-refractivity contribution in [1.29, 1.82) is 0 Å². The molecule has 0 saturated carbocycles. The highest BCUT2D eigenvalue weighted by Gasteiger charge is 2.20. The topological polar surface area (TPSA) is 86.5 Å². The molecule has 0 saturated heterocycles. The zero-order valence-corrected chi connectivity index (χ0v) is 15.4. The van der Waals surface area contributed by atoms with Crippen molar-refractivity contribution in [2.45, 2.75) is 23.9 Å². The molecule has 0 fully saturated rings. The molecule has 1 aliphatic heterocycles. The number of nitrogens with one attached hydrogen (secondary N) is 1. The van der Waals surface area contributed by atoms with E-state index in [0.717, 1.165) is 11.1 Å². The highest BCUT2D eigenvalue weighted by atomic mass is 32.2. The Morgan fingerprint density at radius 3 is 2.81 bits per heavy atom. The normalized spacial score (nSPS) is 13.4. The first-order valence-electron chi connectivity index (χ1n) is 8.41. The maximum atomic E-state index is 12.3. The number of hydrogen-bond acceptors (Lipinski definition) is 7. The van der Waals surface area contributed by atoms with Gasteiger partial charge in [0.25, 0.3) is 5.22 Å². The molecule has 138 valence electrons. The second-order valence-corrected chi connectivity index (χ2v) is 7.20. The van der Waals surface area contributed by atoms with Gasteiger partial charge in [-0.05, 0) is 30.7 Å². The van der Waals surface area contributed by atoms with Crippen molar-refractivity contribution in [3.8, 4) is 23.0 Å². The Morgan fingerprint density at radius 2 is 1.96 bits per heavy atom. The van der Waals surface area contributed by atoms with E-state index >= 15 is 0 Å². The van der Waals surface area contributed by atoms with Gasteiger partial charge in [0, 0.05) is 12.1 Å². The van der Waals surface area contributed by atoms with Gasteiger partial charge in [-0.25, -0.2) is 0 Å². The summed E-state index contributed by atoms with van der Waals surface area (Å²) in [5.74, 6) is 1.62. The van der Waals surface area contributed by atoms with E-state index in [2.05, 4.69) is 15.5 Å². The quantitative estimate of drug-likeness (QED) is 0.654. The van der Waals surface area contributed by atoms with Crippen LogP contribution in [0.25, 0.3) is 11.5 Å². The minimum atomic E-state index is -0.362. The van der Waals surface area contributed by atoms with E-state index in [1.54, 1.807) is 19.1 Å². The molecule has 0 spiro atoms. The Bertz CT molecular complexity index is 945. The summed E-state index contributed by atoms with van der Waals surface area (Å²) >= 11 is 1.22. The predicted octanol–water partition coefficient (Wildman–Crippen LogP) is 3.26. The number of carbonyl (C=O) groups is 1. The van der Waals surface area contributed by atoms with Crippen LogP contribution in [0.1, 0.15) is 12.5 Å². The van der Waals surface area contributed by atoms with Gasteiger partial charge in [0.05, 0.1) is 5.25 Å². The monoisotopic (exact) mass is 383 g/mol. The molecule has 4 rings (SSSR count). The highest BCUT2D eigenvalue weighted by molar-refractivity contribution is 8.00. The maximum absolute atomic E-state index is 12.3. The molecule has 0 unspecified atom stereocenters. The van der Waals surface area contributed by atoms with Gasteiger partial charge in [-0.2, -0.15) is 0 Å². The third-order valence-electron chi connectivity index (χ3n) is 3.98. The van der Waals surface area contributed by atoms with Gasteiger partial charge in [-0.1, -0.05) is 42.1 Å². The molecule has 0 aliphatic carbocycles. The van der Waals surface area contributed by atoms with Crippen LogP contribution in [0.15, 0.2) is 58.2 Å². The minimum absolute atomic E-state index is 0.0910. The molecule has 1 amide bonds. The lowest BCUT2D eigenvalue weighted by Gasteiger charge is -2.09. The van der Waals surface area contributed by atoms with Crippen LogP contribution in [0.2, 0.25) is 0 Å². The van der Waals surface area contributed by atoms with Crippen LogP contribution in [0, 0.1) is 0 Å². The largest absolute Gasteiger partial charge is 0.454 e. The third-order valence-corrected chi connectivity index (χ3v) is 4.92. The fourth-order valence-electron chi connectivity index (χ4n) is 2.54. The Morgan fingerprint density at radius 1 is 1.15 bits per heavy atom. The zero-order valence-electron chi connectivity index (χ0n) is 14.5. The van der Waals surface area contributed by atoms with Crippen LogP contribution in [-0.4, -0.2) is 28.1 Å². The second-order valence-electron chi connectivity index (χ2n) is 5.90.